The van der Waals surface area contributed by atoms with Gasteiger partial charge in [-0.25, -0.2) is 4.98 Å². The Morgan fingerprint density at radius 1 is 1.03 bits per heavy atom. The molecule has 0 bridgehead atoms. The Bertz CT molecular complexity index is 1320. The number of aromatic amines is 1. The van der Waals surface area contributed by atoms with Crippen LogP contribution in [0.1, 0.15) is 35.6 Å². The van der Waals surface area contributed by atoms with Crippen molar-refractivity contribution in [3.8, 4) is 16.9 Å². The Labute approximate surface area is 200 Å². The van der Waals surface area contributed by atoms with E-state index in [0.717, 1.165) is 58.1 Å². The summed E-state index contributed by atoms with van der Waals surface area (Å²) in [5, 5.41) is 0. The van der Waals surface area contributed by atoms with Gasteiger partial charge in [0.15, 0.2) is 0 Å². The molecule has 0 spiro atoms. The van der Waals surface area contributed by atoms with Gasteiger partial charge in [0.05, 0.1) is 17.6 Å². The van der Waals surface area contributed by atoms with Gasteiger partial charge in [-0.1, -0.05) is 12.1 Å². The second-order valence-electron chi connectivity index (χ2n) is 8.67. The Hall–Kier alpha value is -3.80. The number of H-pyrrole nitrogens is 1. The van der Waals surface area contributed by atoms with Crippen LogP contribution in [0.15, 0.2) is 60.7 Å². The number of aromatic nitrogens is 2. The van der Waals surface area contributed by atoms with Crippen molar-refractivity contribution in [2.75, 3.05) is 31.1 Å². The second-order valence-corrected chi connectivity index (χ2v) is 8.67. The van der Waals surface area contributed by atoms with Crippen molar-refractivity contribution in [3.63, 3.8) is 0 Å². The summed E-state index contributed by atoms with van der Waals surface area (Å²) in [6.07, 6.45) is 0. The van der Waals surface area contributed by atoms with Gasteiger partial charge in [0.2, 0.25) is 0 Å². The molecule has 0 atom stereocenters. The lowest BCUT2D eigenvalue weighted by molar-refractivity contribution is 0.0733. The quantitative estimate of drug-likeness (QED) is 0.437. The van der Waals surface area contributed by atoms with Crippen LogP contribution in [-0.2, 0) is 6.54 Å². The first kappa shape index (κ1) is 22.0. The molecule has 1 amide bonds. The molecule has 5 rings (SSSR count). The molecule has 1 aromatic heterocycles. The highest BCUT2D eigenvalue weighted by atomic mass is 16.5. The molecule has 6 nitrogen and oxygen atoms in total. The van der Waals surface area contributed by atoms with Gasteiger partial charge in [-0.05, 0) is 80.4 Å². The van der Waals surface area contributed by atoms with E-state index in [-0.39, 0.29) is 5.91 Å². The molecule has 0 saturated heterocycles. The van der Waals surface area contributed by atoms with Crippen molar-refractivity contribution < 1.29 is 9.53 Å². The second kappa shape index (κ2) is 9.21. The number of rotatable bonds is 5. The monoisotopic (exact) mass is 454 g/mol. The lowest BCUT2D eigenvalue weighted by atomic mass is 10.0. The van der Waals surface area contributed by atoms with Crippen LogP contribution in [0.4, 0.5) is 5.69 Å². The number of benzene rings is 3. The number of nitrogens with zero attached hydrogens (tertiary/aromatic N) is 3. The number of carbonyl (C=O) groups is 1. The first-order chi connectivity index (χ1) is 16.6. The Balaban J connectivity index is 1.39. The average molecular weight is 455 g/mol. The summed E-state index contributed by atoms with van der Waals surface area (Å²) in [6.45, 7) is 9.68. The summed E-state index contributed by atoms with van der Waals surface area (Å²) in [5.74, 6) is 1.78. The maximum atomic E-state index is 13.3. The highest BCUT2D eigenvalue weighted by molar-refractivity contribution is 5.94. The third-order valence-corrected chi connectivity index (χ3v) is 6.50. The summed E-state index contributed by atoms with van der Waals surface area (Å²) in [6, 6.07) is 20.4. The van der Waals surface area contributed by atoms with E-state index in [1.54, 1.807) is 0 Å². The summed E-state index contributed by atoms with van der Waals surface area (Å²) in [7, 11) is 0. The number of aryl methyl sites for hydroxylation is 1. The lowest BCUT2D eigenvalue weighted by Crippen LogP contribution is -2.32. The predicted molar refractivity (Wildman–Crippen MR) is 137 cm³/mol. The number of ether oxygens (including phenoxy) is 1. The smallest absolute Gasteiger partial charge is 0.254 e. The fourth-order valence-electron chi connectivity index (χ4n) is 4.65. The maximum absolute atomic E-state index is 13.3. The SMILES string of the molecule is CCN(CC)c1ccc(C(=O)N2CCOc3ccc(-c4ccc5nc(C)[nH]c5c4)cc3C2)cc1. The van der Waals surface area contributed by atoms with Gasteiger partial charge in [-0.3, -0.25) is 4.79 Å². The molecule has 0 unspecified atom stereocenters. The third kappa shape index (κ3) is 4.23. The van der Waals surface area contributed by atoms with E-state index in [9.17, 15) is 4.79 Å². The number of hydrogen-bond acceptors (Lipinski definition) is 4. The number of carbonyl (C=O) groups excluding carboxylic acids is 1. The summed E-state index contributed by atoms with van der Waals surface area (Å²) in [5.41, 5.74) is 7.04. The molecule has 1 aliphatic rings. The number of fused-ring (bicyclic) bond motifs is 2. The fourth-order valence-corrected chi connectivity index (χ4v) is 4.65. The van der Waals surface area contributed by atoms with Crippen LogP contribution in [0.5, 0.6) is 5.75 Å². The maximum Gasteiger partial charge on any atom is 0.254 e. The molecule has 4 aromatic rings. The minimum atomic E-state index is 0.0299. The number of nitrogens with one attached hydrogen (secondary N) is 1. The fraction of sp³-hybridized carbons (Fsp3) is 0.286. The molecule has 0 aliphatic carbocycles. The highest BCUT2D eigenvalue weighted by Crippen LogP contribution is 2.31. The molecular formula is C28H30N4O2. The van der Waals surface area contributed by atoms with Crippen molar-refractivity contribution in [1.82, 2.24) is 14.9 Å². The van der Waals surface area contributed by atoms with Crippen molar-refractivity contribution in [2.45, 2.75) is 27.3 Å². The van der Waals surface area contributed by atoms with E-state index in [4.69, 9.17) is 4.74 Å². The highest BCUT2D eigenvalue weighted by Gasteiger charge is 2.22. The van der Waals surface area contributed by atoms with Gasteiger partial charge in [0, 0.05) is 36.4 Å². The third-order valence-electron chi connectivity index (χ3n) is 6.50. The van der Waals surface area contributed by atoms with Crippen LogP contribution in [0, 0.1) is 6.92 Å². The van der Waals surface area contributed by atoms with Crippen molar-refractivity contribution >= 4 is 22.6 Å². The number of imidazole rings is 1. The zero-order valence-electron chi connectivity index (χ0n) is 20.0. The standard InChI is InChI=1S/C28H30N4O2/c1-4-31(5-2)24-10-6-20(7-11-24)28(33)32-14-15-34-27-13-9-21(16-23(27)18-32)22-8-12-25-26(17-22)30-19(3)29-25/h6-13,16-17H,4-5,14-15,18H2,1-3H3,(H,29,30). The first-order valence-corrected chi connectivity index (χ1v) is 11.9. The van der Waals surface area contributed by atoms with Crippen LogP contribution in [0.3, 0.4) is 0 Å². The molecule has 0 saturated carbocycles. The molecule has 2 heterocycles. The van der Waals surface area contributed by atoms with E-state index in [1.807, 2.05) is 48.2 Å². The average Bonchev–Trinajstić information content (AvgIpc) is 3.10. The molecule has 174 valence electrons. The van der Waals surface area contributed by atoms with E-state index in [1.165, 1.54) is 0 Å². The van der Waals surface area contributed by atoms with E-state index in [2.05, 4.69) is 53.0 Å². The molecule has 0 radical (unpaired) electrons. The zero-order valence-corrected chi connectivity index (χ0v) is 20.0. The lowest BCUT2D eigenvalue weighted by Gasteiger charge is -2.23. The van der Waals surface area contributed by atoms with Crippen LogP contribution in [-0.4, -0.2) is 47.0 Å². The van der Waals surface area contributed by atoms with Gasteiger partial charge in [-0.15, -0.1) is 0 Å². The molecule has 6 heteroatoms. The van der Waals surface area contributed by atoms with Gasteiger partial charge in [0.25, 0.3) is 5.91 Å². The number of anilines is 1. The van der Waals surface area contributed by atoms with Gasteiger partial charge in [0.1, 0.15) is 18.2 Å². The molecule has 1 aliphatic heterocycles. The zero-order chi connectivity index (χ0) is 23.7. The molecule has 0 fully saturated rings. The molecular weight excluding hydrogens is 424 g/mol. The van der Waals surface area contributed by atoms with Crippen LogP contribution in [0.2, 0.25) is 0 Å². The topological polar surface area (TPSA) is 61.5 Å². The van der Waals surface area contributed by atoms with Gasteiger partial charge in [-0.2, -0.15) is 0 Å². The number of hydrogen-bond donors (Lipinski definition) is 1. The number of amides is 1. The van der Waals surface area contributed by atoms with E-state index >= 15 is 0 Å². The Morgan fingerprint density at radius 3 is 2.53 bits per heavy atom. The Morgan fingerprint density at radius 2 is 1.76 bits per heavy atom. The normalized spacial score (nSPS) is 13.3. The van der Waals surface area contributed by atoms with Crippen LogP contribution >= 0.6 is 0 Å². The minimum Gasteiger partial charge on any atom is -0.491 e. The Kier molecular flexibility index (Phi) is 5.97. The first-order valence-electron chi connectivity index (χ1n) is 11.9. The predicted octanol–water partition coefficient (Wildman–Crippen LogP) is 5.42. The van der Waals surface area contributed by atoms with Crippen LogP contribution < -0.4 is 9.64 Å². The summed E-state index contributed by atoms with van der Waals surface area (Å²) in [4.78, 5) is 25.3. The van der Waals surface area contributed by atoms with Crippen molar-refractivity contribution in [3.05, 3.63) is 77.6 Å². The van der Waals surface area contributed by atoms with Gasteiger partial charge >= 0.3 is 0 Å². The van der Waals surface area contributed by atoms with Gasteiger partial charge < -0.3 is 19.5 Å². The van der Waals surface area contributed by atoms with Crippen LogP contribution in [0.25, 0.3) is 22.2 Å². The van der Waals surface area contributed by atoms with Crippen molar-refractivity contribution in [1.29, 1.82) is 0 Å². The summed E-state index contributed by atoms with van der Waals surface area (Å²) < 4.78 is 5.99. The minimum absolute atomic E-state index is 0.0299. The van der Waals surface area contributed by atoms with E-state index in [0.29, 0.717) is 25.3 Å². The largest absolute Gasteiger partial charge is 0.491 e. The molecule has 34 heavy (non-hydrogen) atoms. The molecule has 1 N–H and O–H groups in total. The van der Waals surface area contributed by atoms with E-state index < -0.39 is 0 Å². The van der Waals surface area contributed by atoms with Crippen molar-refractivity contribution in [2.24, 2.45) is 0 Å². The molecule has 3 aromatic carbocycles. The summed E-state index contributed by atoms with van der Waals surface area (Å²) >= 11 is 0.